The van der Waals surface area contributed by atoms with Crippen molar-refractivity contribution in [1.29, 1.82) is 0 Å². The molecule has 0 aliphatic heterocycles. The van der Waals surface area contributed by atoms with E-state index >= 15 is 0 Å². The van der Waals surface area contributed by atoms with Gasteiger partial charge >= 0.3 is 0 Å². The number of amides is 1. The fourth-order valence-corrected chi connectivity index (χ4v) is 1.61. The van der Waals surface area contributed by atoms with Crippen LogP contribution >= 0.6 is 0 Å². The first-order chi connectivity index (χ1) is 8.06. The lowest BCUT2D eigenvalue weighted by molar-refractivity contribution is -0.131. The highest BCUT2D eigenvalue weighted by Gasteiger charge is 2.15. The molecule has 0 radical (unpaired) electrons. The van der Waals surface area contributed by atoms with E-state index in [1.54, 1.807) is 18.9 Å². The Balaban J connectivity index is 2.77. The molecule has 4 nitrogen and oxygen atoms in total. The minimum Gasteiger partial charge on any atom is -0.494 e. The van der Waals surface area contributed by atoms with Gasteiger partial charge in [-0.3, -0.25) is 4.79 Å². The Morgan fingerprint density at radius 3 is 2.71 bits per heavy atom. The lowest BCUT2D eigenvalue weighted by Gasteiger charge is -2.20. The summed E-state index contributed by atoms with van der Waals surface area (Å²) in [4.78, 5) is 13.3. The molecule has 0 fully saturated rings. The topological polar surface area (TPSA) is 55.6 Å². The third-order valence-corrected chi connectivity index (χ3v) is 2.45. The molecule has 0 aromatic heterocycles. The van der Waals surface area contributed by atoms with Crippen molar-refractivity contribution in [3.63, 3.8) is 0 Å². The fraction of sp³-hybridized carbons (Fsp3) is 0.462. The number of nitrogens with two attached hydrogens (primary N) is 1. The Morgan fingerprint density at radius 2 is 2.12 bits per heavy atom. The van der Waals surface area contributed by atoms with Crippen LogP contribution in [-0.2, 0) is 11.3 Å². The van der Waals surface area contributed by atoms with Gasteiger partial charge in [0.2, 0.25) is 5.91 Å². The van der Waals surface area contributed by atoms with Gasteiger partial charge in [-0.2, -0.15) is 0 Å². The number of carbonyl (C=O) groups is 1. The number of benzene rings is 1. The molecule has 0 aliphatic rings. The predicted octanol–water partition coefficient (Wildman–Crippen LogP) is 1.39. The van der Waals surface area contributed by atoms with Crippen molar-refractivity contribution in [3.8, 4) is 5.75 Å². The zero-order valence-corrected chi connectivity index (χ0v) is 10.6. The van der Waals surface area contributed by atoms with Gasteiger partial charge in [-0.15, -0.1) is 0 Å². The molecule has 0 heterocycles. The van der Waals surface area contributed by atoms with Gasteiger partial charge in [-0.1, -0.05) is 18.2 Å². The fourth-order valence-electron chi connectivity index (χ4n) is 1.61. The van der Waals surface area contributed by atoms with Gasteiger partial charge in [0.05, 0.1) is 12.6 Å². The summed E-state index contributed by atoms with van der Waals surface area (Å²) in [6.07, 6.45) is 0. The summed E-state index contributed by atoms with van der Waals surface area (Å²) in [5, 5.41) is 0. The average molecular weight is 236 g/mol. The van der Waals surface area contributed by atoms with Crippen LogP contribution in [0.15, 0.2) is 24.3 Å². The Hall–Kier alpha value is -1.55. The van der Waals surface area contributed by atoms with Crippen molar-refractivity contribution in [2.45, 2.75) is 26.4 Å². The third-order valence-electron chi connectivity index (χ3n) is 2.45. The first-order valence-corrected chi connectivity index (χ1v) is 5.77. The SMILES string of the molecule is CCOc1ccccc1CN(C)C(=O)[C@@H](C)N. The molecular formula is C13H20N2O2. The van der Waals surface area contributed by atoms with Gasteiger partial charge in [0, 0.05) is 19.2 Å². The maximum absolute atomic E-state index is 11.7. The monoisotopic (exact) mass is 236 g/mol. The van der Waals surface area contributed by atoms with E-state index in [0.29, 0.717) is 13.2 Å². The van der Waals surface area contributed by atoms with E-state index in [1.807, 2.05) is 31.2 Å². The summed E-state index contributed by atoms with van der Waals surface area (Å²) in [6, 6.07) is 7.24. The third kappa shape index (κ3) is 3.75. The normalized spacial score (nSPS) is 12.0. The predicted molar refractivity (Wildman–Crippen MR) is 67.7 cm³/mol. The Morgan fingerprint density at radius 1 is 1.47 bits per heavy atom. The van der Waals surface area contributed by atoms with Crippen LogP contribution in [0.2, 0.25) is 0 Å². The summed E-state index contributed by atoms with van der Waals surface area (Å²) in [5.74, 6) is 0.746. The van der Waals surface area contributed by atoms with Gasteiger partial charge in [0.1, 0.15) is 5.75 Å². The summed E-state index contributed by atoms with van der Waals surface area (Å²) < 4.78 is 5.51. The molecule has 1 aromatic carbocycles. The summed E-state index contributed by atoms with van der Waals surface area (Å²) >= 11 is 0. The van der Waals surface area contributed by atoms with Crippen LogP contribution in [0.25, 0.3) is 0 Å². The minimum atomic E-state index is -0.473. The van der Waals surface area contributed by atoms with E-state index < -0.39 is 6.04 Å². The van der Waals surface area contributed by atoms with E-state index in [-0.39, 0.29) is 5.91 Å². The molecule has 1 aromatic rings. The van der Waals surface area contributed by atoms with E-state index in [0.717, 1.165) is 11.3 Å². The standard InChI is InChI=1S/C13H20N2O2/c1-4-17-12-8-6-5-7-11(12)9-15(3)13(16)10(2)14/h5-8,10H,4,9,14H2,1-3H3/t10-/m1/s1. The number of likely N-dealkylation sites (N-methyl/N-ethyl adjacent to an activating group) is 1. The molecule has 4 heteroatoms. The number of para-hydroxylation sites is 1. The van der Waals surface area contributed by atoms with E-state index in [1.165, 1.54) is 0 Å². The maximum Gasteiger partial charge on any atom is 0.239 e. The molecule has 94 valence electrons. The molecule has 2 N–H and O–H groups in total. The summed E-state index contributed by atoms with van der Waals surface area (Å²) in [7, 11) is 1.74. The van der Waals surface area contributed by atoms with Crippen LogP contribution in [-0.4, -0.2) is 30.5 Å². The highest BCUT2D eigenvalue weighted by molar-refractivity contribution is 5.80. The van der Waals surface area contributed by atoms with Gasteiger partial charge < -0.3 is 15.4 Å². The van der Waals surface area contributed by atoms with Crippen LogP contribution in [0.3, 0.4) is 0 Å². The minimum absolute atomic E-state index is 0.0729. The molecule has 0 unspecified atom stereocenters. The van der Waals surface area contributed by atoms with Crippen LogP contribution < -0.4 is 10.5 Å². The first-order valence-electron chi connectivity index (χ1n) is 5.77. The molecule has 0 spiro atoms. The zero-order chi connectivity index (χ0) is 12.8. The van der Waals surface area contributed by atoms with Crippen LogP contribution in [0, 0.1) is 0 Å². The second-order valence-electron chi connectivity index (χ2n) is 4.02. The summed E-state index contributed by atoms with van der Waals surface area (Å²) in [6.45, 7) is 4.75. The molecule has 1 rings (SSSR count). The van der Waals surface area contributed by atoms with Crippen LogP contribution in [0.1, 0.15) is 19.4 Å². The molecule has 0 saturated carbocycles. The molecule has 17 heavy (non-hydrogen) atoms. The largest absolute Gasteiger partial charge is 0.494 e. The first kappa shape index (κ1) is 13.5. The number of rotatable bonds is 5. The van der Waals surface area contributed by atoms with E-state index in [4.69, 9.17) is 10.5 Å². The molecule has 0 bridgehead atoms. The number of nitrogens with zero attached hydrogens (tertiary/aromatic N) is 1. The maximum atomic E-state index is 11.7. The lowest BCUT2D eigenvalue weighted by Crippen LogP contribution is -2.39. The number of carbonyl (C=O) groups excluding carboxylic acids is 1. The van der Waals surface area contributed by atoms with E-state index in [2.05, 4.69) is 0 Å². The second kappa shape index (κ2) is 6.25. The van der Waals surface area contributed by atoms with Crippen molar-refractivity contribution in [2.24, 2.45) is 5.73 Å². The quantitative estimate of drug-likeness (QED) is 0.840. The van der Waals surface area contributed by atoms with Crippen molar-refractivity contribution < 1.29 is 9.53 Å². The molecule has 0 aliphatic carbocycles. The Kier molecular flexibility index (Phi) is 4.97. The molecular weight excluding hydrogens is 216 g/mol. The Labute approximate surface area is 102 Å². The number of ether oxygens (including phenoxy) is 1. The van der Waals surface area contributed by atoms with Crippen molar-refractivity contribution in [2.75, 3.05) is 13.7 Å². The van der Waals surface area contributed by atoms with E-state index in [9.17, 15) is 4.79 Å². The smallest absolute Gasteiger partial charge is 0.239 e. The van der Waals surface area contributed by atoms with Gasteiger partial charge in [0.25, 0.3) is 0 Å². The average Bonchev–Trinajstić information content (AvgIpc) is 2.30. The lowest BCUT2D eigenvalue weighted by atomic mass is 10.2. The number of hydrogen-bond donors (Lipinski definition) is 1. The molecule has 0 saturated heterocycles. The van der Waals surface area contributed by atoms with Gasteiger partial charge in [-0.05, 0) is 19.9 Å². The highest BCUT2D eigenvalue weighted by atomic mass is 16.5. The van der Waals surface area contributed by atoms with Crippen LogP contribution in [0.4, 0.5) is 0 Å². The number of hydrogen-bond acceptors (Lipinski definition) is 3. The van der Waals surface area contributed by atoms with Crippen molar-refractivity contribution in [3.05, 3.63) is 29.8 Å². The highest BCUT2D eigenvalue weighted by Crippen LogP contribution is 2.19. The molecule has 1 atom stereocenters. The van der Waals surface area contributed by atoms with Crippen molar-refractivity contribution in [1.82, 2.24) is 4.90 Å². The van der Waals surface area contributed by atoms with Crippen molar-refractivity contribution >= 4 is 5.91 Å². The van der Waals surface area contributed by atoms with Gasteiger partial charge in [-0.25, -0.2) is 0 Å². The Bertz CT molecular complexity index is 377. The second-order valence-corrected chi connectivity index (χ2v) is 4.02. The summed E-state index contributed by atoms with van der Waals surface area (Å²) in [5.41, 5.74) is 6.56. The van der Waals surface area contributed by atoms with Gasteiger partial charge in [0.15, 0.2) is 0 Å². The molecule has 1 amide bonds. The zero-order valence-electron chi connectivity index (χ0n) is 10.6. The van der Waals surface area contributed by atoms with Crippen LogP contribution in [0.5, 0.6) is 5.75 Å².